The van der Waals surface area contributed by atoms with Gasteiger partial charge in [0, 0.05) is 13.1 Å². The molecule has 1 saturated carbocycles. The number of carbonyl (C=O) groups is 1. The molecular weight excluding hydrogens is 300 g/mol. The summed E-state index contributed by atoms with van der Waals surface area (Å²) >= 11 is 0. The van der Waals surface area contributed by atoms with Gasteiger partial charge in [0.1, 0.15) is 0 Å². The van der Waals surface area contributed by atoms with Gasteiger partial charge in [0.2, 0.25) is 0 Å². The molecule has 0 spiro atoms. The lowest BCUT2D eigenvalue weighted by Crippen LogP contribution is -2.51. The first-order valence-electron chi connectivity index (χ1n) is 8.49. The van der Waals surface area contributed by atoms with Crippen LogP contribution in [0.15, 0.2) is 18.2 Å². The van der Waals surface area contributed by atoms with Crippen LogP contribution < -0.4 is 0 Å². The van der Waals surface area contributed by atoms with Crippen LogP contribution in [0.4, 0.5) is 8.78 Å². The number of unbranched alkanes of at least 4 members (excludes halogenated alkanes) is 1. The minimum absolute atomic E-state index is 0.00475. The molecule has 3 nitrogen and oxygen atoms in total. The van der Waals surface area contributed by atoms with E-state index in [4.69, 9.17) is 4.74 Å². The Bertz CT molecular complexity index is 574. The van der Waals surface area contributed by atoms with Gasteiger partial charge in [-0.2, -0.15) is 0 Å². The summed E-state index contributed by atoms with van der Waals surface area (Å²) in [5.41, 5.74) is -0.185. The van der Waals surface area contributed by atoms with Crippen LogP contribution in [0.1, 0.15) is 49.4 Å². The average Bonchev–Trinajstić information content (AvgIpc) is 3.39. The van der Waals surface area contributed by atoms with E-state index in [9.17, 15) is 13.6 Å². The molecule has 2 aliphatic rings. The van der Waals surface area contributed by atoms with Gasteiger partial charge in [0.15, 0.2) is 11.6 Å². The maximum atomic E-state index is 13.9. The van der Waals surface area contributed by atoms with Crippen molar-refractivity contribution in [3.05, 3.63) is 35.4 Å². The fraction of sp³-hybridized carbons (Fsp3) is 0.611. The van der Waals surface area contributed by atoms with E-state index in [-0.39, 0.29) is 17.8 Å². The van der Waals surface area contributed by atoms with E-state index >= 15 is 0 Å². The van der Waals surface area contributed by atoms with Crippen molar-refractivity contribution in [1.29, 1.82) is 0 Å². The predicted octanol–water partition coefficient (Wildman–Crippen LogP) is 3.77. The standard InChI is InChI=1S/C18H23F2NO2/c1-2-3-5-13-10-21(11-16(23-13)12-8-9-12)18(22)14-6-4-7-15(19)17(14)20/h4,6-7,12-13,16H,2-3,5,8-11H2,1H3/t13-,16-/m1/s1. The Morgan fingerprint density at radius 3 is 2.78 bits per heavy atom. The fourth-order valence-electron chi connectivity index (χ4n) is 3.20. The number of hydrogen-bond acceptors (Lipinski definition) is 2. The molecule has 1 aliphatic carbocycles. The quantitative estimate of drug-likeness (QED) is 0.825. The minimum Gasteiger partial charge on any atom is -0.371 e. The molecule has 0 unspecified atom stereocenters. The maximum Gasteiger partial charge on any atom is 0.257 e. The Hall–Kier alpha value is -1.49. The Morgan fingerprint density at radius 1 is 1.30 bits per heavy atom. The topological polar surface area (TPSA) is 29.5 Å². The molecule has 3 rings (SSSR count). The Kier molecular flexibility index (Phi) is 4.95. The van der Waals surface area contributed by atoms with Crippen LogP contribution in [0.2, 0.25) is 0 Å². The van der Waals surface area contributed by atoms with Crippen molar-refractivity contribution in [2.75, 3.05) is 13.1 Å². The van der Waals surface area contributed by atoms with Gasteiger partial charge in [-0.05, 0) is 37.3 Å². The van der Waals surface area contributed by atoms with E-state index in [0.717, 1.165) is 38.2 Å². The van der Waals surface area contributed by atoms with Gasteiger partial charge in [-0.1, -0.05) is 25.8 Å². The number of carbonyl (C=O) groups excluding carboxylic acids is 1. The molecule has 23 heavy (non-hydrogen) atoms. The summed E-state index contributed by atoms with van der Waals surface area (Å²) in [4.78, 5) is 14.3. The maximum absolute atomic E-state index is 13.9. The molecule has 1 aromatic rings. The van der Waals surface area contributed by atoms with E-state index in [2.05, 4.69) is 6.92 Å². The first kappa shape index (κ1) is 16.4. The average molecular weight is 323 g/mol. The summed E-state index contributed by atoms with van der Waals surface area (Å²) < 4.78 is 33.4. The van der Waals surface area contributed by atoms with Crippen LogP contribution >= 0.6 is 0 Å². The Morgan fingerprint density at radius 2 is 2.09 bits per heavy atom. The molecule has 126 valence electrons. The molecule has 1 heterocycles. The van der Waals surface area contributed by atoms with E-state index in [0.29, 0.717) is 19.0 Å². The molecule has 1 amide bonds. The van der Waals surface area contributed by atoms with E-state index in [1.807, 2.05) is 0 Å². The number of rotatable bonds is 5. The summed E-state index contributed by atoms with van der Waals surface area (Å²) in [5.74, 6) is -1.97. The zero-order valence-electron chi connectivity index (χ0n) is 13.4. The molecule has 1 aliphatic heterocycles. The first-order valence-corrected chi connectivity index (χ1v) is 8.49. The summed E-state index contributed by atoms with van der Waals surface area (Å²) in [7, 11) is 0. The highest BCUT2D eigenvalue weighted by Gasteiger charge is 2.40. The number of hydrogen-bond donors (Lipinski definition) is 0. The SMILES string of the molecule is CCCC[C@@H]1CN(C(=O)c2cccc(F)c2F)C[C@H](C2CC2)O1. The van der Waals surface area contributed by atoms with Crippen LogP contribution in [0.25, 0.3) is 0 Å². The molecule has 0 radical (unpaired) electrons. The van der Waals surface area contributed by atoms with Gasteiger partial charge in [-0.25, -0.2) is 8.78 Å². The molecule has 0 bridgehead atoms. The van der Waals surface area contributed by atoms with Gasteiger partial charge in [-0.15, -0.1) is 0 Å². The highest BCUT2D eigenvalue weighted by Crippen LogP contribution is 2.37. The second-order valence-electron chi connectivity index (χ2n) is 6.59. The first-order chi connectivity index (χ1) is 11.1. The molecular formula is C18H23F2NO2. The van der Waals surface area contributed by atoms with Gasteiger partial charge >= 0.3 is 0 Å². The molecule has 5 heteroatoms. The largest absolute Gasteiger partial charge is 0.371 e. The Balaban J connectivity index is 1.76. The smallest absolute Gasteiger partial charge is 0.257 e. The second kappa shape index (κ2) is 6.95. The van der Waals surface area contributed by atoms with Gasteiger partial charge in [0.25, 0.3) is 5.91 Å². The molecule has 0 N–H and O–H groups in total. The summed E-state index contributed by atoms with van der Waals surface area (Å²) in [6.45, 7) is 3.05. The number of amides is 1. The van der Waals surface area contributed by atoms with Crippen molar-refractivity contribution in [2.45, 2.75) is 51.2 Å². The van der Waals surface area contributed by atoms with Crippen molar-refractivity contribution in [3.63, 3.8) is 0 Å². The van der Waals surface area contributed by atoms with Crippen molar-refractivity contribution >= 4 is 5.91 Å². The normalized spacial score (nSPS) is 24.7. The van der Waals surface area contributed by atoms with Crippen LogP contribution in [-0.4, -0.2) is 36.1 Å². The third kappa shape index (κ3) is 3.71. The van der Waals surface area contributed by atoms with Crippen molar-refractivity contribution in [2.24, 2.45) is 5.92 Å². The highest BCUT2D eigenvalue weighted by atomic mass is 19.2. The van der Waals surface area contributed by atoms with Crippen molar-refractivity contribution in [1.82, 2.24) is 4.90 Å². The van der Waals surface area contributed by atoms with Crippen molar-refractivity contribution < 1.29 is 18.3 Å². The summed E-state index contributed by atoms with van der Waals surface area (Å²) in [5, 5.41) is 0. The van der Waals surface area contributed by atoms with Crippen LogP contribution in [0.5, 0.6) is 0 Å². The van der Waals surface area contributed by atoms with E-state index < -0.39 is 17.5 Å². The second-order valence-corrected chi connectivity index (χ2v) is 6.59. The zero-order valence-corrected chi connectivity index (χ0v) is 13.4. The van der Waals surface area contributed by atoms with Gasteiger partial charge in [0.05, 0.1) is 17.8 Å². The van der Waals surface area contributed by atoms with Gasteiger partial charge in [-0.3, -0.25) is 4.79 Å². The predicted molar refractivity (Wildman–Crippen MR) is 83.2 cm³/mol. The highest BCUT2D eigenvalue weighted by molar-refractivity contribution is 5.94. The zero-order chi connectivity index (χ0) is 16.4. The number of nitrogens with zero attached hydrogens (tertiary/aromatic N) is 1. The number of morpholine rings is 1. The lowest BCUT2D eigenvalue weighted by Gasteiger charge is -2.38. The minimum atomic E-state index is -1.06. The van der Waals surface area contributed by atoms with Crippen LogP contribution in [0.3, 0.4) is 0 Å². The number of ether oxygens (including phenoxy) is 1. The van der Waals surface area contributed by atoms with E-state index in [1.165, 1.54) is 12.1 Å². The summed E-state index contributed by atoms with van der Waals surface area (Å²) in [6, 6.07) is 3.75. The van der Waals surface area contributed by atoms with Gasteiger partial charge < -0.3 is 9.64 Å². The van der Waals surface area contributed by atoms with Crippen molar-refractivity contribution in [3.8, 4) is 0 Å². The molecule has 1 aromatic carbocycles. The lowest BCUT2D eigenvalue weighted by molar-refractivity contribution is -0.0875. The number of benzene rings is 1. The molecule has 2 atom stereocenters. The third-order valence-electron chi connectivity index (χ3n) is 4.69. The van der Waals surface area contributed by atoms with Crippen LogP contribution in [-0.2, 0) is 4.74 Å². The Labute approximate surface area is 135 Å². The summed E-state index contributed by atoms with van der Waals surface area (Å²) in [6.07, 6.45) is 5.29. The van der Waals surface area contributed by atoms with Crippen LogP contribution in [0, 0.1) is 17.6 Å². The number of halogens is 2. The monoisotopic (exact) mass is 323 g/mol. The molecule has 2 fully saturated rings. The van der Waals surface area contributed by atoms with E-state index in [1.54, 1.807) is 4.90 Å². The third-order valence-corrected chi connectivity index (χ3v) is 4.69. The molecule has 1 saturated heterocycles. The lowest BCUT2D eigenvalue weighted by atomic mass is 10.1. The fourth-order valence-corrected chi connectivity index (χ4v) is 3.20. The molecule has 0 aromatic heterocycles.